The number of fused-ring (bicyclic) bond motifs is 1. The normalized spacial score (nSPS) is 29.9. The average molecular weight is 796 g/mol. The van der Waals surface area contributed by atoms with Gasteiger partial charge < -0.3 is 39.7 Å². The fourth-order valence-electron chi connectivity index (χ4n) is 8.83. The summed E-state index contributed by atoms with van der Waals surface area (Å²) in [5, 5.41) is 54.1. The Balaban J connectivity index is 1.38. The van der Waals surface area contributed by atoms with Crippen molar-refractivity contribution in [2.45, 2.75) is 248 Å². The van der Waals surface area contributed by atoms with Crippen LogP contribution in [-0.2, 0) is 14.2 Å². The molecule has 0 aromatic rings. The van der Waals surface area contributed by atoms with E-state index in [2.05, 4.69) is 19.2 Å². The molecular formula is C43H80F3NO8. The molecule has 3 aliphatic rings. The van der Waals surface area contributed by atoms with Crippen molar-refractivity contribution in [2.24, 2.45) is 11.8 Å². The van der Waals surface area contributed by atoms with Crippen LogP contribution in [0.25, 0.3) is 0 Å². The first kappa shape index (κ1) is 48.8. The third-order valence-electron chi connectivity index (χ3n) is 12.7. The van der Waals surface area contributed by atoms with Gasteiger partial charge in [-0.15, -0.1) is 0 Å². The van der Waals surface area contributed by atoms with Crippen molar-refractivity contribution in [3.63, 3.8) is 0 Å². The maximum absolute atomic E-state index is 14.3. The molecule has 0 bridgehead atoms. The molecule has 12 atom stereocenters. The van der Waals surface area contributed by atoms with E-state index in [9.17, 15) is 38.7 Å². The van der Waals surface area contributed by atoms with Gasteiger partial charge in [-0.3, -0.25) is 5.32 Å². The Morgan fingerprint density at radius 2 is 1.22 bits per heavy atom. The highest BCUT2D eigenvalue weighted by molar-refractivity contribution is 4.96. The molecule has 6 N–H and O–H groups in total. The van der Waals surface area contributed by atoms with Crippen LogP contribution in [0, 0.1) is 11.8 Å². The lowest BCUT2D eigenvalue weighted by Gasteiger charge is -2.40. The second-order valence-electron chi connectivity index (χ2n) is 17.2. The fourth-order valence-corrected chi connectivity index (χ4v) is 8.83. The minimum atomic E-state index is -4.54. The quantitative estimate of drug-likeness (QED) is 0.0293. The molecule has 2 aliphatic heterocycles. The molecule has 1 aliphatic carbocycles. The van der Waals surface area contributed by atoms with Crippen molar-refractivity contribution in [1.29, 1.82) is 0 Å². The summed E-state index contributed by atoms with van der Waals surface area (Å²) in [6, 6.07) is -2.97. The average Bonchev–Trinajstić information content (AvgIpc) is 3.96. The van der Waals surface area contributed by atoms with Gasteiger partial charge in [0.2, 0.25) is 0 Å². The van der Waals surface area contributed by atoms with Gasteiger partial charge >= 0.3 is 6.18 Å². The van der Waals surface area contributed by atoms with Crippen molar-refractivity contribution in [2.75, 3.05) is 13.2 Å². The van der Waals surface area contributed by atoms with Crippen LogP contribution in [0.1, 0.15) is 181 Å². The lowest BCUT2D eigenvalue weighted by molar-refractivity contribution is -0.303. The molecule has 0 aromatic carbocycles. The molecule has 6 unspecified atom stereocenters. The summed E-state index contributed by atoms with van der Waals surface area (Å²) in [7, 11) is 0. The highest BCUT2D eigenvalue weighted by Crippen LogP contribution is 2.45. The summed E-state index contributed by atoms with van der Waals surface area (Å²) in [6.07, 6.45) is 14.4. The van der Waals surface area contributed by atoms with E-state index in [1.807, 2.05) is 0 Å². The summed E-state index contributed by atoms with van der Waals surface area (Å²) in [4.78, 5) is 0. The van der Waals surface area contributed by atoms with E-state index in [1.54, 1.807) is 0 Å². The van der Waals surface area contributed by atoms with Gasteiger partial charge in [0.05, 0.1) is 37.6 Å². The van der Waals surface area contributed by atoms with Gasteiger partial charge in [-0.2, -0.15) is 13.2 Å². The molecular weight excluding hydrogens is 715 g/mol. The van der Waals surface area contributed by atoms with E-state index in [0.29, 0.717) is 37.4 Å². The Morgan fingerprint density at radius 1 is 0.691 bits per heavy atom. The minimum absolute atomic E-state index is 0.128. The topological polar surface area (TPSA) is 144 Å². The second-order valence-corrected chi connectivity index (χ2v) is 17.2. The van der Waals surface area contributed by atoms with Crippen LogP contribution in [0.2, 0.25) is 0 Å². The first-order valence-corrected chi connectivity index (χ1v) is 22.6. The highest BCUT2D eigenvalue weighted by atomic mass is 19.4. The molecule has 0 aromatic heterocycles. The SMILES string of the molecule is CCCCCCCCCCCCCCC[C@@H](O)[C@H](COC1OC(CO)C(O)C(O)C1O)NC(CCCCCCCCCC[C@H]1CC[C@H]2O[C@H]2[C@@H]1C)C(F)(F)F. The van der Waals surface area contributed by atoms with Crippen molar-refractivity contribution in [3.05, 3.63) is 0 Å². The zero-order valence-electron chi connectivity index (χ0n) is 34.3. The number of ether oxygens (including phenoxy) is 3. The number of rotatable bonds is 32. The number of alkyl halides is 3. The van der Waals surface area contributed by atoms with E-state index in [-0.39, 0.29) is 12.8 Å². The standard InChI is InChI=1S/C43H80F3NO8/c1-3-4-5-6-7-8-9-10-11-12-16-19-22-25-34(49)33(30-53-42-40(52)39(51)38(50)36(29-48)55-42)47-37(43(44,45)46)26-23-20-17-14-13-15-18-21-24-32-27-28-35-41(54-35)31(32)2/h31-42,47-52H,3-30H2,1-2H3/t31-,32+,33+,34-,35-,36?,37?,38?,39?,40?,41+,42?/m1/s1. The molecule has 2 saturated heterocycles. The van der Waals surface area contributed by atoms with Crippen molar-refractivity contribution in [3.8, 4) is 0 Å². The van der Waals surface area contributed by atoms with Crippen LogP contribution in [0.15, 0.2) is 0 Å². The number of aliphatic hydroxyl groups excluding tert-OH is 5. The molecule has 2 heterocycles. The lowest BCUT2D eigenvalue weighted by Crippen LogP contribution is -2.60. The molecule has 0 radical (unpaired) electrons. The van der Waals surface area contributed by atoms with Crippen LogP contribution in [0.4, 0.5) is 13.2 Å². The van der Waals surface area contributed by atoms with Crippen molar-refractivity contribution in [1.82, 2.24) is 5.32 Å². The number of epoxide rings is 1. The molecule has 1 saturated carbocycles. The fraction of sp³-hybridized carbons (Fsp3) is 1.00. The summed E-state index contributed by atoms with van der Waals surface area (Å²) in [6.45, 7) is 3.48. The van der Waals surface area contributed by atoms with Crippen molar-refractivity contribution < 1.29 is 52.9 Å². The predicted molar refractivity (Wildman–Crippen MR) is 210 cm³/mol. The van der Waals surface area contributed by atoms with E-state index in [4.69, 9.17) is 14.2 Å². The minimum Gasteiger partial charge on any atom is -0.394 e. The summed E-state index contributed by atoms with van der Waals surface area (Å²) < 4.78 is 59.9. The molecule has 0 amide bonds. The number of aliphatic hydroxyl groups is 5. The molecule has 55 heavy (non-hydrogen) atoms. The largest absolute Gasteiger partial charge is 0.403 e. The third-order valence-corrected chi connectivity index (χ3v) is 12.7. The van der Waals surface area contributed by atoms with Gasteiger partial charge in [0.1, 0.15) is 30.5 Å². The Bertz CT molecular complexity index is 963. The lowest BCUT2D eigenvalue weighted by atomic mass is 9.78. The number of nitrogens with one attached hydrogen (secondary N) is 1. The van der Waals surface area contributed by atoms with Gasteiger partial charge in [-0.25, -0.2) is 0 Å². The highest BCUT2D eigenvalue weighted by Gasteiger charge is 2.49. The Kier molecular flexibility index (Phi) is 24.2. The molecule has 326 valence electrons. The van der Waals surface area contributed by atoms with Crippen molar-refractivity contribution >= 4 is 0 Å². The maximum Gasteiger partial charge on any atom is 0.403 e. The van der Waals surface area contributed by atoms with Crippen LogP contribution < -0.4 is 5.32 Å². The van der Waals surface area contributed by atoms with E-state index in [1.165, 1.54) is 89.9 Å². The maximum atomic E-state index is 14.3. The van der Waals surface area contributed by atoms with Crippen LogP contribution >= 0.6 is 0 Å². The van der Waals surface area contributed by atoms with Gasteiger partial charge in [0, 0.05) is 0 Å². The number of hydrogen-bond acceptors (Lipinski definition) is 9. The third kappa shape index (κ3) is 18.5. The number of hydrogen-bond donors (Lipinski definition) is 6. The smallest absolute Gasteiger partial charge is 0.394 e. The Morgan fingerprint density at radius 3 is 1.76 bits per heavy atom. The summed E-state index contributed by atoms with van der Waals surface area (Å²) in [5.74, 6) is 1.45. The number of unbranched alkanes of at least 4 members (excludes halogenated alkanes) is 19. The van der Waals surface area contributed by atoms with E-state index < -0.39 is 68.3 Å². The molecule has 3 fully saturated rings. The first-order chi connectivity index (χ1) is 26.5. The zero-order chi connectivity index (χ0) is 40.1. The number of halogens is 3. The Labute approximate surface area is 330 Å². The monoisotopic (exact) mass is 796 g/mol. The predicted octanol–water partition coefficient (Wildman–Crippen LogP) is 8.25. The zero-order valence-corrected chi connectivity index (χ0v) is 34.3. The first-order valence-electron chi connectivity index (χ1n) is 22.6. The van der Waals surface area contributed by atoms with E-state index >= 15 is 0 Å². The molecule has 3 rings (SSSR count). The van der Waals surface area contributed by atoms with Crippen LogP contribution in [0.3, 0.4) is 0 Å². The molecule has 12 heteroatoms. The molecule has 0 spiro atoms. The van der Waals surface area contributed by atoms with Gasteiger partial charge in [0.15, 0.2) is 6.29 Å². The van der Waals surface area contributed by atoms with E-state index in [0.717, 1.165) is 50.9 Å². The van der Waals surface area contributed by atoms with Gasteiger partial charge in [-0.1, -0.05) is 155 Å². The van der Waals surface area contributed by atoms with Gasteiger partial charge in [0.25, 0.3) is 0 Å². The second kappa shape index (κ2) is 27.2. The molecule has 9 nitrogen and oxygen atoms in total. The van der Waals surface area contributed by atoms with Gasteiger partial charge in [-0.05, 0) is 37.5 Å². The van der Waals surface area contributed by atoms with Crippen LogP contribution in [-0.4, -0.2) is 106 Å². The van der Waals surface area contributed by atoms with Crippen LogP contribution in [0.5, 0.6) is 0 Å². The Hall–Kier alpha value is -0.570. The summed E-state index contributed by atoms with van der Waals surface area (Å²) in [5.41, 5.74) is 0. The summed E-state index contributed by atoms with van der Waals surface area (Å²) >= 11 is 0.